The molecule has 0 unspecified atom stereocenters. The molecule has 1 heterocycles. The summed E-state index contributed by atoms with van der Waals surface area (Å²) < 4.78 is 15.0. The number of aryl methyl sites for hydroxylation is 1. The third-order valence-electron chi connectivity index (χ3n) is 4.72. The Balaban J connectivity index is 2.05. The first-order valence-electron chi connectivity index (χ1n) is 9.44. The molecule has 154 valence electrons. The molecule has 0 aliphatic carbocycles. The molecule has 2 aromatic carbocycles. The zero-order valence-corrected chi connectivity index (χ0v) is 18.4. The highest BCUT2D eigenvalue weighted by molar-refractivity contribution is 6.42. The molecule has 0 spiro atoms. The number of aromatic nitrogens is 2. The lowest BCUT2D eigenvalue weighted by atomic mass is 10.2. The van der Waals surface area contributed by atoms with Gasteiger partial charge in [0.05, 0.1) is 23.3 Å². The highest BCUT2D eigenvalue weighted by atomic mass is 35.5. The Kier molecular flexibility index (Phi) is 7.56. The van der Waals surface area contributed by atoms with Crippen LogP contribution in [0.15, 0.2) is 42.6 Å². The molecule has 0 atom stereocenters. The van der Waals surface area contributed by atoms with Crippen LogP contribution >= 0.6 is 23.2 Å². The quantitative estimate of drug-likeness (QED) is 0.485. The van der Waals surface area contributed by atoms with Crippen molar-refractivity contribution in [3.05, 3.63) is 64.0 Å². The van der Waals surface area contributed by atoms with Gasteiger partial charge >= 0.3 is 0 Å². The molecule has 7 heteroatoms. The van der Waals surface area contributed by atoms with E-state index in [4.69, 9.17) is 32.7 Å². The van der Waals surface area contributed by atoms with Crippen molar-refractivity contribution >= 4 is 46.0 Å². The summed E-state index contributed by atoms with van der Waals surface area (Å²) in [6, 6.07) is 12.1. The van der Waals surface area contributed by atoms with E-state index in [9.17, 15) is 0 Å². The number of nitrogens with one attached hydrogen (secondary N) is 1. The number of anilines is 1. The van der Waals surface area contributed by atoms with Crippen LogP contribution in [-0.4, -0.2) is 32.0 Å². The minimum atomic E-state index is 0.530. The number of imidazole rings is 1. The van der Waals surface area contributed by atoms with Crippen molar-refractivity contribution in [3.63, 3.8) is 0 Å². The predicted molar refractivity (Wildman–Crippen MR) is 120 cm³/mol. The molecule has 0 saturated heterocycles. The number of fused-ring (bicyclic) bond motifs is 1. The highest BCUT2D eigenvalue weighted by Crippen LogP contribution is 2.28. The number of methoxy groups -OCH3 is 2. The monoisotopic (exact) mass is 434 g/mol. The lowest BCUT2D eigenvalue weighted by molar-refractivity contribution is -0.675. The van der Waals surface area contributed by atoms with Gasteiger partial charge in [-0.15, -0.1) is 0 Å². The van der Waals surface area contributed by atoms with Crippen molar-refractivity contribution in [2.75, 3.05) is 32.8 Å². The van der Waals surface area contributed by atoms with Crippen molar-refractivity contribution in [1.82, 2.24) is 4.57 Å². The van der Waals surface area contributed by atoms with Crippen LogP contribution in [0.5, 0.6) is 0 Å². The Hall–Kier alpha value is -2.05. The lowest BCUT2D eigenvalue weighted by Gasteiger charge is -2.03. The number of hydrogen-bond donors (Lipinski definition) is 1. The van der Waals surface area contributed by atoms with Gasteiger partial charge in [0, 0.05) is 44.3 Å². The van der Waals surface area contributed by atoms with Crippen LogP contribution in [0, 0.1) is 6.92 Å². The number of ether oxygens (including phenoxy) is 2. The molecule has 1 aromatic heterocycles. The average Bonchev–Trinajstić information content (AvgIpc) is 2.98. The van der Waals surface area contributed by atoms with Gasteiger partial charge in [0.25, 0.3) is 5.82 Å². The van der Waals surface area contributed by atoms with Gasteiger partial charge < -0.3 is 14.8 Å². The summed E-state index contributed by atoms with van der Waals surface area (Å²) >= 11 is 12.6. The van der Waals surface area contributed by atoms with E-state index in [0.29, 0.717) is 36.3 Å². The Bertz CT molecular complexity index is 947. The zero-order chi connectivity index (χ0) is 20.8. The van der Waals surface area contributed by atoms with Gasteiger partial charge in [0.15, 0.2) is 11.0 Å². The molecule has 0 aliphatic rings. The Morgan fingerprint density at radius 2 is 1.72 bits per heavy atom. The van der Waals surface area contributed by atoms with Gasteiger partial charge in [0.1, 0.15) is 13.1 Å². The molecule has 0 fully saturated rings. The van der Waals surface area contributed by atoms with Crippen molar-refractivity contribution in [2.45, 2.75) is 20.0 Å². The van der Waals surface area contributed by atoms with E-state index in [1.807, 2.05) is 24.4 Å². The molecule has 0 amide bonds. The van der Waals surface area contributed by atoms with Crippen molar-refractivity contribution in [1.29, 1.82) is 0 Å². The van der Waals surface area contributed by atoms with Gasteiger partial charge in [0.2, 0.25) is 0 Å². The van der Waals surface area contributed by atoms with Crippen molar-refractivity contribution < 1.29 is 14.0 Å². The molecule has 3 aromatic rings. The first kappa shape index (κ1) is 21.7. The summed E-state index contributed by atoms with van der Waals surface area (Å²) in [6.07, 6.45) is 3.99. The maximum absolute atomic E-state index is 6.32. The van der Waals surface area contributed by atoms with E-state index < -0.39 is 0 Å². The van der Waals surface area contributed by atoms with Crippen molar-refractivity contribution in [2.24, 2.45) is 0 Å². The molecule has 5 nitrogen and oxygen atoms in total. The van der Waals surface area contributed by atoms with Crippen molar-refractivity contribution in [3.8, 4) is 0 Å². The largest absolute Gasteiger partial charge is 0.381 e. The Morgan fingerprint density at radius 1 is 1.03 bits per heavy atom. The van der Waals surface area contributed by atoms with Gasteiger partial charge in [-0.3, -0.25) is 0 Å². The van der Waals surface area contributed by atoms with Gasteiger partial charge in [-0.25, -0.2) is 9.13 Å². The van der Waals surface area contributed by atoms with Gasteiger partial charge in [-0.2, -0.15) is 0 Å². The van der Waals surface area contributed by atoms with E-state index in [2.05, 4.69) is 45.6 Å². The topological polar surface area (TPSA) is 39.3 Å². The summed E-state index contributed by atoms with van der Waals surface area (Å²) in [5.74, 6) is 1.01. The zero-order valence-electron chi connectivity index (χ0n) is 16.9. The van der Waals surface area contributed by atoms with E-state index in [1.54, 1.807) is 14.2 Å². The van der Waals surface area contributed by atoms with Crippen LogP contribution in [-0.2, 0) is 22.6 Å². The normalized spacial score (nSPS) is 11.6. The van der Waals surface area contributed by atoms with E-state index in [0.717, 1.165) is 22.5 Å². The van der Waals surface area contributed by atoms with Crippen LogP contribution in [0.4, 0.5) is 5.69 Å². The molecule has 0 aliphatic heterocycles. The molecule has 0 radical (unpaired) electrons. The summed E-state index contributed by atoms with van der Waals surface area (Å²) in [6.45, 7) is 4.62. The summed E-state index contributed by atoms with van der Waals surface area (Å²) in [5, 5.41) is 4.39. The smallest absolute Gasteiger partial charge is 0.284 e. The van der Waals surface area contributed by atoms with Crippen LogP contribution in [0.25, 0.3) is 17.1 Å². The number of halogens is 2. The number of nitrogens with zero attached hydrogens (tertiary/aromatic N) is 2. The second kappa shape index (κ2) is 10.1. The predicted octanol–water partition coefficient (Wildman–Crippen LogP) is 4.92. The molecule has 0 bridgehead atoms. The Labute approximate surface area is 181 Å². The summed E-state index contributed by atoms with van der Waals surface area (Å²) in [5.41, 5.74) is 4.26. The molecule has 3 rings (SSSR count). The lowest BCUT2D eigenvalue weighted by Crippen LogP contribution is -2.38. The van der Waals surface area contributed by atoms with Crippen LogP contribution in [0.2, 0.25) is 10.0 Å². The maximum atomic E-state index is 6.32. The first-order chi connectivity index (χ1) is 14.0. The van der Waals surface area contributed by atoms with Gasteiger partial charge in [-0.1, -0.05) is 40.9 Å². The minimum absolute atomic E-state index is 0.530. The summed E-state index contributed by atoms with van der Waals surface area (Å²) in [4.78, 5) is 0. The molecule has 1 N–H and O–H groups in total. The van der Waals surface area contributed by atoms with Crippen LogP contribution in [0.1, 0.15) is 11.4 Å². The summed E-state index contributed by atoms with van der Waals surface area (Å²) in [7, 11) is 3.39. The fourth-order valence-electron chi connectivity index (χ4n) is 3.23. The number of rotatable bonds is 9. The maximum Gasteiger partial charge on any atom is 0.284 e. The SMILES string of the molecule is COCCn1c(/C=C/Nc2ccc(C)cc2)[n+](CCOC)c2cc(Cl)c(Cl)cc21. The third kappa shape index (κ3) is 5.11. The molecular weight excluding hydrogens is 409 g/mol. The van der Waals surface area contributed by atoms with Gasteiger partial charge in [-0.05, 0) is 19.1 Å². The molecule has 29 heavy (non-hydrogen) atoms. The highest BCUT2D eigenvalue weighted by Gasteiger charge is 2.24. The average molecular weight is 435 g/mol. The number of benzene rings is 2. The Morgan fingerprint density at radius 3 is 2.41 bits per heavy atom. The standard InChI is InChI=1S/C22H25Cl2N3O2/c1-16-4-6-17(7-5-16)25-9-8-22-26(10-12-28-2)20-14-18(23)19(24)15-21(20)27(22)11-13-29-3/h4-9,14-15H,10-13H2,1-3H3/p+1. The van der Waals surface area contributed by atoms with Crippen LogP contribution in [0.3, 0.4) is 0 Å². The molecule has 0 saturated carbocycles. The second-order valence-electron chi connectivity index (χ2n) is 6.75. The van der Waals surface area contributed by atoms with Crippen LogP contribution < -0.4 is 9.88 Å². The van der Waals surface area contributed by atoms with E-state index >= 15 is 0 Å². The minimum Gasteiger partial charge on any atom is -0.381 e. The second-order valence-corrected chi connectivity index (χ2v) is 7.56. The first-order valence-corrected chi connectivity index (χ1v) is 10.2. The molecular formula is C22H26Cl2N3O2+. The van der Waals surface area contributed by atoms with E-state index in [-0.39, 0.29) is 0 Å². The van der Waals surface area contributed by atoms with E-state index in [1.165, 1.54) is 5.56 Å². The fraction of sp³-hybridized carbons (Fsp3) is 0.318. The number of hydrogen-bond acceptors (Lipinski definition) is 3. The fourth-order valence-corrected chi connectivity index (χ4v) is 3.54. The third-order valence-corrected chi connectivity index (χ3v) is 5.45.